The third-order valence-corrected chi connectivity index (χ3v) is 12.4. The second kappa shape index (κ2) is 12.9. The van der Waals surface area contributed by atoms with Crippen LogP contribution in [0.3, 0.4) is 0 Å². The first-order valence-corrected chi connectivity index (χ1v) is 17.6. The molecular weight excluding hydrogens is 580 g/mol. The molecule has 2 aromatic carbocycles. The van der Waals surface area contributed by atoms with Crippen LogP contribution in [-0.4, -0.2) is 61.1 Å². The van der Waals surface area contributed by atoms with E-state index in [2.05, 4.69) is 17.1 Å². The predicted molar refractivity (Wildman–Crippen MR) is 177 cm³/mol. The van der Waals surface area contributed by atoms with Crippen LogP contribution in [-0.2, 0) is 9.84 Å². The molecule has 1 N–H and O–H groups in total. The van der Waals surface area contributed by atoms with Crippen LogP contribution in [0.2, 0.25) is 0 Å². The van der Waals surface area contributed by atoms with Crippen LogP contribution < -0.4 is 10.2 Å². The van der Waals surface area contributed by atoms with Crippen molar-refractivity contribution in [3.05, 3.63) is 48.5 Å². The number of hydrogen-bond acceptors (Lipinski definition) is 5. The van der Waals surface area contributed by atoms with Crippen molar-refractivity contribution in [3.8, 4) is 11.1 Å². The van der Waals surface area contributed by atoms with Gasteiger partial charge in [-0.05, 0) is 89.0 Å². The molecule has 0 radical (unpaired) electrons. The molecule has 9 heteroatoms. The number of rotatable bonds is 7. The molecule has 2 heterocycles. The van der Waals surface area contributed by atoms with E-state index in [1.807, 2.05) is 41.3 Å². The Kier molecular flexibility index (Phi) is 9.60. The van der Waals surface area contributed by atoms with E-state index in [1.54, 1.807) is 26.0 Å². The number of aliphatic imine (C=N–C) groups is 1. The van der Waals surface area contributed by atoms with Gasteiger partial charge >= 0.3 is 6.03 Å². The molecule has 2 amide bonds. The van der Waals surface area contributed by atoms with Gasteiger partial charge in [0, 0.05) is 30.7 Å². The summed E-state index contributed by atoms with van der Waals surface area (Å²) in [5, 5.41) is 3.32. The molecule has 1 spiro atoms. The number of piperidine rings is 1. The SMILES string of the molecule is CC(C)S(=O)(=O)c1ccc(-c2ccccc2N2C(=O)N=C(NC3CCCCC3)[C@@]23CCN(CC2CCC2)[C@H](C)C3)cc1.Cl. The lowest BCUT2D eigenvalue weighted by atomic mass is 9.78. The first-order valence-electron chi connectivity index (χ1n) is 16.1. The summed E-state index contributed by atoms with van der Waals surface area (Å²) in [6.45, 7) is 7.81. The molecule has 2 saturated carbocycles. The molecule has 2 aliphatic carbocycles. The zero-order valence-corrected chi connectivity index (χ0v) is 27.4. The number of urea groups is 1. The summed E-state index contributed by atoms with van der Waals surface area (Å²) in [6, 6.07) is 15.6. The van der Waals surface area contributed by atoms with Crippen molar-refractivity contribution in [1.82, 2.24) is 10.2 Å². The van der Waals surface area contributed by atoms with Crippen molar-refractivity contribution >= 4 is 39.8 Å². The van der Waals surface area contributed by atoms with Gasteiger partial charge in [-0.25, -0.2) is 13.2 Å². The van der Waals surface area contributed by atoms with Crippen molar-refractivity contribution in [2.45, 2.75) is 113 Å². The number of anilines is 1. The molecule has 0 bridgehead atoms. The van der Waals surface area contributed by atoms with Gasteiger partial charge in [0.25, 0.3) is 0 Å². The van der Waals surface area contributed by atoms with Crippen LogP contribution in [0.4, 0.5) is 10.5 Å². The van der Waals surface area contributed by atoms with Gasteiger partial charge in [-0.2, -0.15) is 4.99 Å². The number of para-hydroxylation sites is 1. The van der Waals surface area contributed by atoms with Gasteiger partial charge in [-0.3, -0.25) is 4.90 Å². The standard InChI is InChI=1S/C34H46N4O3S.ClH/c1-24(2)42(40,41)29-18-16-27(17-19-29)30-14-7-8-15-31(30)38-33(39)36-32(35-28-12-5-4-6-13-28)34(38)20-21-37(25(3)22-34)23-26-10-9-11-26;/h7-8,14-19,24-26,28H,4-6,9-13,20-23H2,1-3H3,(H,35,36,39);1H/t25-,34+;/m1./s1. The highest BCUT2D eigenvalue weighted by Crippen LogP contribution is 2.45. The Morgan fingerprint density at radius 3 is 2.30 bits per heavy atom. The molecule has 0 unspecified atom stereocenters. The number of amidine groups is 1. The predicted octanol–water partition coefficient (Wildman–Crippen LogP) is 7.24. The van der Waals surface area contributed by atoms with Crippen LogP contribution in [0.1, 0.15) is 85.0 Å². The third-order valence-electron chi connectivity index (χ3n) is 10.3. The van der Waals surface area contributed by atoms with E-state index in [0.29, 0.717) is 17.0 Å². The highest BCUT2D eigenvalue weighted by Gasteiger charge is 2.54. The Labute approximate surface area is 263 Å². The molecule has 2 aliphatic heterocycles. The average molecular weight is 627 g/mol. The summed E-state index contributed by atoms with van der Waals surface area (Å²) in [5.74, 6) is 1.65. The van der Waals surface area contributed by atoms with Crippen LogP contribution >= 0.6 is 12.4 Å². The molecule has 2 aromatic rings. The van der Waals surface area contributed by atoms with E-state index in [-0.39, 0.29) is 18.4 Å². The Morgan fingerprint density at radius 1 is 0.977 bits per heavy atom. The smallest absolute Gasteiger partial charge is 0.350 e. The van der Waals surface area contributed by atoms with E-state index in [4.69, 9.17) is 4.99 Å². The molecule has 3 fully saturated rings. The highest BCUT2D eigenvalue weighted by atomic mass is 35.5. The zero-order valence-electron chi connectivity index (χ0n) is 25.8. The average Bonchev–Trinajstić information content (AvgIpc) is 3.21. The number of nitrogens with zero attached hydrogens (tertiary/aromatic N) is 3. The fraction of sp³-hybridized carbons (Fsp3) is 0.588. The molecule has 7 nitrogen and oxygen atoms in total. The molecule has 43 heavy (non-hydrogen) atoms. The normalized spacial score (nSPS) is 25.5. The molecule has 234 valence electrons. The fourth-order valence-electron chi connectivity index (χ4n) is 7.45. The summed E-state index contributed by atoms with van der Waals surface area (Å²) in [5.41, 5.74) is 2.12. The number of carbonyl (C=O) groups is 1. The number of amides is 2. The van der Waals surface area contributed by atoms with Gasteiger partial charge in [0.2, 0.25) is 0 Å². The van der Waals surface area contributed by atoms with Gasteiger partial charge in [0.05, 0.1) is 15.8 Å². The van der Waals surface area contributed by atoms with Crippen molar-refractivity contribution in [1.29, 1.82) is 0 Å². The third kappa shape index (κ3) is 6.12. The topological polar surface area (TPSA) is 82.1 Å². The van der Waals surface area contributed by atoms with E-state index in [9.17, 15) is 13.2 Å². The second-order valence-corrected chi connectivity index (χ2v) is 15.8. The zero-order chi connectivity index (χ0) is 29.5. The van der Waals surface area contributed by atoms with E-state index >= 15 is 0 Å². The molecule has 2 atom stereocenters. The lowest BCUT2D eigenvalue weighted by Gasteiger charge is -2.50. The van der Waals surface area contributed by atoms with Gasteiger partial charge in [-0.15, -0.1) is 12.4 Å². The number of carbonyl (C=O) groups excluding carboxylic acids is 1. The first-order chi connectivity index (χ1) is 20.2. The summed E-state index contributed by atoms with van der Waals surface area (Å²) in [6.07, 6.45) is 11.6. The second-order valence-electron chi connectivity index (χ2n) is 13.3. The quantitative estimate of drug-likeness (QED) is 0.350. The minimum atomic E-state index is -3.37. The maximum Gasteiger partial charge on any atom is 0.350 e. The number of halogens is 1. The monoisotopic (exact) mass is 626 g/mol. The number of nitrogens with one attached hydrogen (secondary N) is 1. The minimum absolute atomic E-state index is 0. The van der Waals surface area contributed by atoms with E-state index < -0.39 is 20.6 Å². The fourth-order valence-corrected chi connectivity index (χ4v) is 8.51. The molecule has 6 rings (SSSR count). The Morgan fingerprint density at radius 2 is 1.67 bits per heavy atom. The molecular formula is C34H47ClN4O3S. The number of hydrogen-bond donors (Lipinski definition) is 1. The lowest BCUT2D eigenvalue weighted by molar-refractivity contribution is 0.0897. The summed E-state index contributed by atoms with van der Waals surface area (Å²) < 4.78 is 25.5. The summed E-state index contributed by atoms with van der Waals surface area (Å²) in [7, 11) is -3.37. The van der Waals surface area contributed by atoms with Crippen LogP contribution in [0.25, 0.3) is 11.1 Å². The van der Waals surface area contributed by atoms with Gasteiger partial charge in [0.15, 0.2) is 9.84 Å². The molecule has 4 aliphatic rings. The Balaban J connectivity index is 0.00000368. The number of likely N-dealkylation sites (tertiary alicyclic amines) is 1. The van der Waals surface area contributed by atoms with Crippen LogP contribution in [0.5, 0.6) is 0 Å². The van der Waals surface area contributed by atoms with Crippen molar-refractivity contribution in [3.63, 3.8) is 0 Å². The lowest BCUT2D eigenvalue weighted by Crippen LogP contribution is -2.64. The Hall–Kier alpha value is -2.42. The summed E-state index contributed by atoms with van der Waals surface area (Å²) in [4.78, 5) is 23.7. The van der Waals surface area contributed by atoms with Crippen molar-refractivity contribution < 1.29 is 13.2 Å². The van der Waals surface area contributed by atoms with Crippen LogP contribution in [0, 0.1) is 5.92 Å². The van der Waals surface area contributed by atoms with E-state index in [0.717, 1.165) is 67.3 Å². The Bertz CT molecular complexity index is 1430. The first kappa shape index (κ1) is 32.0. The van der Waals surface area contributed by atoms with Gasteiger partial charge in [0.1, 0.15) is 11.4 Å². The van der Waals surface area contributed by atoms with Gasteiger partial charge in [-0.1, -0.05) is 56.0 Å². The number of sulfone groups is 1. The van der Waals surface area contributed by atoms with E-state index in [1.165, 1.54) is 38.5 Å². The largest absolute Gasteiger partial charge is 0.369 e. The minimum Gasteiger partial charge on any atom is -0.369 e. The molecule has 1 saturated heterocycles. The van der Waals surface area contributed by atoms with Gasteiger partial charge < -0.3 is 10.2 Å². The highest BCUT2D eigenvalue weighted by molar-refractivity contribution is 7.92. The number of benzene rings is 2. The van der Waals surface area contributed by atoms with Crippen LogP contribution in [0.15, 0.2) is 58.4 Å². The maximum absolute atomic E-state index is 14.0. The maximum atomic E-state index is 14.0. The van der Waals surface area contributed by atoms with Crippen molar-refractivity contribution in [2.24, 2.45) is 10.9 Å². The summed E-state index contributed by atoms with van der Waals surface area (Å²) >= 11 is 0. The van der Waals surface area contributed by atoms with Crippen molar-refractivity contribution in [2.75, 3.05) is 18.0 Å². The molecule has 0 aromatic heterocycles.